The fourth-order valence-electron chi connectivity index (χ4n) is 9.95. The average Bonchev–Trinajstić information content (AvgIpc) is 3.41. The Morgan fingerprint density at radius 2 is 0.722 bits per heavy atom. The molecule has 0 aromatic heterocycles. The summed E-state index contributed by atoms with van der Waals surface area (Å²) in [7, 11) is 1.18. The Hall–Kier alpha value is -2.03. The quantitative estimate of drug-likeness (QED) is 0.0195. The van der Waals surface area contributed by atoms with Crippen molar-refractivity contribution in [2.24, 2.45) is 0 Å². The van der Waals surface area contributed by atoms with Crippen LogP contribution in [0.25, 0.3) is 0 Å². The maximum absolute atomic E-state index is 12.9. The van der Waals surface area contributed by atoms with Gasteiger partial charge >= 0.3 is 11.9 Å². The van der Waals surface area contributed by atoms with Gasteiger partial charge in [0.2, 0.25) is 0 Å². The lowest BCUT2D eigenvalue weighted by Crippen LogP contribution is -2.37. The van der Waals surface area contributed by atoms with Crippen molar-refractivity contribution in [2.45, 2.75) is 335 Å². The summed E-state index contributed by atoms with van der Waals surface area (Å²) in [5.41, 5.74) is 0. The topological polar surface area (TPSA) is 111 Å². The molecule has 0 rings (SSSR count). The van der Waals surface area contributed by atoms with Crippen molar-refractivity contribution in [1.29, 1.82) is 0 Å². The van der Waals surface area contributed by atoms with Crippen LogP contribution in [0.4, 0.5) is 0 Å². The first-order valence-electron chi connectivity index (χ1n) is 33.8. The molecule has 464 valence electrons. The van der Waals surface area contributed by atoms with Gasteiger partial charge in [-0.15, -0.1) is 0 Å². The second kappa shape index (κ2) is 60.6. The number of carbonyl (C=O) groups excluding carboxylic acids is 2. The van der Waals surface area contributed by atoms with Gasteiger partial charge in [0.05, 0.1) is 27.7 Å². The molecule has 2 atom stereocenters. The van der Waals surface area contributed by atoms with E-state index < -0.39 is 26.5 Å². The number of carbonyl (C=O) groups is 2. The highest BCUT2D eigenvalue weighted by molar-refractivity contribution is 7.45. The molecule has 2 unspecified atom stereocenters. The van der Waals surface area contributed by atoms with Crippen LogP contribution in [0.2, 0.25) is 0 Å². The van der Waals surface area contributed by atoms with Gasteiger partial charge in [-0.25, -0.2) is 0 Å². The number of hydrogen-bond acceptors (Lipinski definition) is 8. The van der Waals surface area contributed by atoms with E-state index in [1.54, 1.807) is 0 Å². The van der Waals surface area contributed by atoms with Crippen molar-refractivity contribution in [3.05, 3.63) is 48.6 Å². The van der Waals surface area contributed by atoms with E-state index in [2.05, 4.69) is 62.5 Å². The third kappa shape index (κ3) is 65.0. The van der Waals surface area contributed by atoms with Gasteiger partial charge in [-0.1, -0.05) is 313 Å². The van der Waals surface area contributed by atoms with Crippen molar-refractivity contribution >= 4 is 19.8 Å². The van der Waals surface area contributed by atoms with Crippen LogP contribution < -0.4 is 4.89 Å². The van der Waals surface area contributed by atoms with E-state index in [4.69, 9.17) is 18.5 Å². The van der Waals surface area contributed by atoms with E-state index >= 15 is 0 Å². The largest absolute Gasteiger partial charge is 0.756 e. The third-order valence-electron chi connectivity index (χ3n) is 15.1. The second-order valence-electron chi connectivity index (χ2n) is 24.2. The molecule has 0 aliphatic heterocycles. The molecule has 9 nitrogen and oxygen atoms in total. The molecule has 0 aliphatic rings. The van der Waals surface area contributed by atoms with Crippen LogP contribution in [0.1, 0.15) is 328 Å². The molecule has 0 amide bonds. The Morgan fingerprint density at radius 1 is 0.405 bits per heavy atom. The number of allylic oxidation sites excluding steroid dienone is 8. The maximum Gasteiger partial charge on any atom is 0.306 e. The highest BCUT2D eigenvalue weighted by atomic mass is 31.2. The molecule has 0 bridgehead atoms. The van der Waals surface area contributed by atoms with Crippen LogP contribution in [0.15, 0.2) is 48.6 Å². The normalized spacial score (nSPS) is 13.4. The Balaban J connectivity index is 4.00. The number of esters is 2. The Morgan fingerprint density at radius 3 is 1.08 bits per heavy atom. The molecule has 0 aliphatic carbocycles. The first kappa shape index (κ1) is 77.0. The van der Waals surface area contributed by atoms with Crippen molar-refractivity contribution in [2.75, 3.05) is 47.5 Å². The number of nitrogens with zero attached hydrogens (tertiary/aromatic N) is 1. The summed E-state index contributed by atoms with van der Waals surface area (Å²) in [6.45, 7) is 4.19. The smallest absolute Gasteiger partial charge is 0.306 e. The van der Waals surface area contributed by atoms with Gasteiger partial charge in [0.1, 0.15) is 19.8 Å². The minimum absolute atomic E-state index is 0.0280. The molecule has 0 spiro atoms. The molecular formula is C69H130NO8P. The zero-order valence-electron chi connectivity index (χ0n) is 52.8. The van der Waals surface area contributed by atoms with Crippen molar-refractivity contribution in [1.82, 2.24) is 0 Å². The third-order valence-corrected chi connectivity index (χ3v) is 16.1. The Bertz CT molecular complexity index is 1470. The van der Waals surface area contributed by atoms with Crippen LogP contribution in [0.3, 0.4) is 0 Å². The lowest BCUT2D eigenvalue weighted by molar-refractivity contribution is -0.870. The number of likely N-dealkylation sites (N-methyl/N-ethyl adjacent to an activating group) is 1. The summed E-state index contributed by atoms with van der Waals surface area (Å²) in [6.07, 6.45) is 77.6. The molecule has 0 aromatic rings. The average molecular weight is 1130 g/mol. The number of rotatable bonds is 63. The summed E-state index contributed by atoms with van der Waals surface area (Å²) in [4.78, 5) is 38.0. The second-order valence-corrected chi connectivity index (χ2v) is 25.6. The van der Waals surface area contributed by atoms with Gasteiger partial charge < -0.3 is 27.9 Å². The van der Waals surface area contributed by atoms with Gasteiger partial charge in [-0.2, -0.15) is 0 Å². The van der Waals surface area contributed by atoms with Crippen molar-refractivity contribution < 1.29 is 42.1 Å². The van der Waals surface area contributed by atoms with E-state index in [1.807, 2.05) is 21.1 Å². The standard InChI is InChI=1S/C69H130NO8P/c1-6-8-10-12-14-16-18-20-22-24-26-28-30-31-32-33-34-35-36-37-38-39-40-42-44-46-48-50-52-54-56-58-60-62-69(72)78-67(66-77-79(73,74)76-64-63-70(3,4)5)65-75-68(71)61-59-57-55-53-51-49-47-45-43-41-29-27-25-23-21-19-17-15-13-11-9-7-2/h8,10,14,16,20,22,26,28,67H,6-7,9,11-13,15,17-19,21,23-25,27,29-66H2,1-5H3/b10-8-,16-14-,22-20-,28-26-. The molecule has 79 heavy (non-hydrogen) atoms. The summed E-state index contributed by atoms with van der Waals surface area (Å²) in [5.74, 6) is -0.812. The van der Waals surface area contributed by atoms with Crippen LogP contribution in [0.5, 0.6) is 0 Å². The van der Waals surface area contributed by atoms with E-state index in [0.717, 1.165) is 57.8 Å². The van der Waals surface area contributed by atoms with E-state index in [-0.39, 0.29) is 32.0 Å². The number of phosphoric ester groups is 1. The minimum Gasteiger partial charge on any atom is -0.756 e. The molecule has 0 saturated heterocycles. The predicted molar refractivity (Wildman–Crippen MR) is 337 cm³/mol. The van der Waals surface area contributed by atoms with Crippen LogP contribution in [-0.4, -0.2) is 70.0 Å². The molecule has 10 heteroatoms. The molecule has 0 radical (unpaired) electrons. The summed E-state index contributed by atoms with van der Waals surface area (Å²) in [6, 6.07) is 0. The van der Waals surface area contributed by atoms with Crippen LogP contribution in [0, 0.1) is 0 Å². The summed E-state index contributed by atoms with van der Waals surface area (Å²) in [5, 5.41) is 0. The number of unbranched alkanes of at least 4 members (excludes halogenated alkanes) is 41. The molecule has 0 N–H and O–H groups in total. The first-order chi connectivity index (χ1) is 38.5. The van der Waals surface area contributed by atoms with Gasteiger partial charge in [0.15, 0.2) is 6.10 Å². The molecule has 0 saturated carbocycles. The van der Waals surface area contributed by atoms with Gasteiger partial charge in [0.25, 0.3) is 7.82 Å². The van der Waals surface area contributed by atoms with E-state index in [1.165, 1.54) is 238 Å². The highest BCUT2D eigenvalue weighted by Crippen LogP contribution is 2.38. The van der Waals surface area contributed by atoms with Crippen molar-refractivity contribution in [3.8, 4) is 0 Å². The van der Waals surface area contributed by atoms with Gasteiger partial charge in [-0.05, 0) is 51.4 Å². The fraction of sp³-hybridized carbons (Fsp3) is 0.855. The molecule has 0 fully saturated rings. The number of hydrogen-bond donors (Lipinski definition) is 0. The maximum atomic E-state index is 12.9. The van der Waals surface area contributed by atoms with Crippen LogP contribution >= 0.6 is 7.82 Å². The Labute approximate surface area is 490 Å². The van der Waals surface area contributed by atoms with Gasteiger partial charge in [-0.3, -0.25) is 14.2 Å². The number of phosphoric acid groups is 1. The lowest BCUT2D eigenvalue weighted by atomic mass is 10.0. The Kier molecular flexibility index (Phi) is 59.0. The minimum atomic E-state index is -4.64. The monoisotopic (exact) mass is 1130 g/mol. The van der Waals surface area contributed by atoms with E-state index in [0.29, 0.717) is 17.4 Å². The van der Waals surface area contributed by atoms with Crippen LogP contribution in [-0.2, 0) is 32.7 Å². The number of quaternary nitrogens is 1. The van der Waals surface area contributed by atoms with E-state index in [9.17, 15) is 19.0 Å². The highest BCUT2D eigenvalue weighted by Gasteiger charge is 2.22. The zero-order valence-corrected chi connectivity index (χ0v) is 53.7. The lowest BCUT2D eigenvalue weighted by Gasteiger charge is -2.28. The summed E-state index contributed by atoms with van der Waals surface area (Å²) >= 11 is 0. The first-order valence-corrected chi connectivity index (χ1v) is 35.3. The molecular weight excluding hydrogens is 1000 g/mol. The molecule has 0 aromatic carbocycles. The fourth-order valence-corrected chi connectivity index (χ4v) is 10.7. The SMILES string of the molecule is CC/C=C\C/C=C\C/C=C\C/C=C\CCCCCCCCCCCCCCCCCCCCCCC(=O)OC(COC(=O)CCCCCCCCCCCCCCCCCCCCCCCC)COP(=O)([O-])OCC[N+](C)(C)C. The number of ether oxygens (including phenoxy) is 2. The zero-order chi connectivity index (χ0) is 57.7. The summed E-state index contributed by atoms with van der Waals surface area (Å²) < 4.78 is 34.3. The van der Waals surface area contributed by atoms with Crippen molar-refractivity contribution in [3.63, 3.8) is 0 Å². The predicted octanol–water partition coefficient (Wildman–Crippen LogP) is 21.0. The van der Waals surface area contributed by atoms with Gasteiger partial charge in [0, 0.05) is 12.8 Å². The molecule has 0 heterocycles.